The Balaban J connectivity index is 1.65. The molecule has 0 aromatic heterocycles. The number of aliphatic hydroxyl groups excluding tert-OH is 2. The van der Waals surface area contributed by atoms with E-state index in [1.165, 1.54) is 24.3 Å². The minimum Gasteiger partial charge on any atom is -0.504 e. The van der Waals surface area contributed by atoms with Gasteiger partial charge in [-0.3, -0.25) is 19.2 Å². The number of phenols is 8. The highest BCUT2D eigenvalue weighted by Crippen LogP contribution is 2.29. The summed E-state index contributed by atoms with van der Waals surface area (Å²) in [5.74, 6) is -8.96. The molecule has 22 nitrogen and oxygen atoms in total. The fourth-order valence-electron chi connectivity index (χ4n) is 6.09. The van der Waals surface area contributed by atoms with Gasteiger partial charge in [0.2, 0.25) is 0 Å². The van der Waals surface area contributed by atoms with Crippen LogP contribution in [-0.4, -0.2) is 137 Å². The maximum atomic E-state index is 13.6. The van der Waals surface area contributed by atoms with Gasteiger partial charge in [0.25, 0.3) is 0 Å². The number of aliphatic hydroxyl groups is 2. The second kappa shape index (κ2) is 22.3. The van der Waals surface area contributed by atoms with Crippen LogP contribution in [0.25, 0.3) is 0 Å². The lowest BCUT2D eigenvalue weighted by Gasteiger charge is -2.34. The molecule has 4 rings (SSSR count). The zero-order chi connectivity index (χ0) is 47.4. The second-order valence-corrected chi connectivity index (χ2v) is 14.7. The molecule has 0 fully saturated rings. The molecule has 0 aliphatic heterocycles. The zero-order valence-electron chi connectivity index (χ0n) is 33.8. The molecule has 4 aromatic rings. The van der Waals surface area contributed by atoms with E-state index in [0.717, 1.165) is 48.5 Å². The Morgan fingerprint density at radius 1 is 0.438 bits per heavy atom. The number of carbonyl (C=O) groups excluding carboxylic acids is 4. The van der Waals surface area contributed by atoms with Gasteiger partial charge in [0.1, 0.15) is 36.9 Å². The summed E-state index contributed by atoms with van der Waals surface area (Å²) in [5, 5.41) is 101. The first kappa shape index (κ1) is 49.6. The third-order valence-corrected chi connectivity index (χ3v) is 9.63. The summed E-state index contributed by atoms with van der Waals surface area (Å²) in [6.07, 6.45) is -9.95. The predicted octanol–water partition coefficient (Wildman–Crippen LogP) is -1.46. The van der Waals surface area contributed by atoms with E-state index in [4.69, 9.17) is 41.9 Å². The van der Waals surface area contributed by atoms with Crippen LogP contribution in [0.15, 0.2) is 72.8 Å². The van der Waals surface area contributed by atoms with Crippen molar-refractivity contribution >= 4 is 23.9 Å². The first-order chi connectivity index (χ1) is 30.2. The number of rotatable bonds is 21. The fraction of sp³-hybridized carbons (Fsp3) is 0.333. The van der Waals surface area contributed by atoms with Gasteiger partial charge in [0.05, 0.1) is 6.61 Å². The molecule has 0 heterocycles. The topological polar surface area (TPSA) is 412 Å². The lowest BCUT2D eigenvalue weighted by molar-refractivity contribution is -0.199. The van der Waals surface area contributed by atoms with E-state index in [1.807, 2.05) is 0 Å². The van der Waals surface area contributed by atoms with Crippen LogP contribution >= 0.6 is 0 Å². The van der Waals surface area contributed by atoms with Crippen molar-refractivity contribution in [2.24, 2.45) is 22.9 Å². The second-order valence-electron chi connectivity index (χ2n) is 14.7. The molecule has 0 saturated heterocycles. The number of hydrogen-bond acceptors (Lipinski definition) is 22. The number of aromatic hydroxyl groups is 8. The van der Waals surface area contributed by atoms with Crippen molar-refractivity contribution in [3.8, 4) is 46.0 Å². The maximum absolute atomic E-state index is 13.6. The Kier molecular flexibility index (Phi) is 17.3. The number of carbonyl (C=O) groups is 4. The van der Waals surface area contributed by atoms with E-state index < -0.39 is 132 Å². The molecule has 0 aliphatic carbocycles. The summed E-state index contributed by atoms with van der Waals surface area (Å²) >= 11 is 0. The number of nitrogens with two attached hydrogens (primary N) is 4. The Morgan fingerprint density at radius 3 is 1.05 bits per heavy atom. The lowest BCUT2D eigenvalue weighted by atomic mass is 10.0. The minimum absolute atomic E-state index is 0.224. The van der Waals surface area contributed by atoms with E-state index in [-0.39, 0.29) is 47.9 Å². The predicted molar refractivity (Wildman–Crippen MR) is 219 cm³/mol. The van der Waals surface area contributed by atoms with Crippen molar-refractivity contribution in [3.63, 3.8) is 0 Å². The van der Waals surface area contributed by atoms with E-state index in [0.29, 0.717) is 0 Å². The third kappa shape index (κ3) is 13.7. The van der Waals surface area contributed by atoms with Gasteiger partial charge in [-0.25, -0.2) is 0 Å². The molecule has 0 aliphatic rings. The Bertz CT molecular complexity index is 2280. The van der Waals surface area contributed by atoms with Crippen LogP contribution in [0.2, 0.25) is 0 Å². The van der Waals surface area contributed by atoms with Crippen molar-refractivity contribution in [2.75, 3.05) is 13.2 Å². The van der Waals surface area contributed by atoms with Crippen LogP contribution in [0.5, 0.6) is 46.0 Å². The first-order valence-corrected chi connectivity index (χ1v) is 19.3. The SMILES string of the molecule is NC(Cc1ccc(O)c(O)c1)C(=O)OC[C@@H](OC(=O)C(N)Cc1ccc(O)c(O)c1)[C@@H](O)[C@H](OC(=O)C(N)Cc1ccc(O)c(O)c1)[C@@H](CO)OC(=O)C(N)Cc1ccc(O)c(O)c1. The van der Waals surface area contributed by atoms with Crippen LogP contribution in [0, 0.1) is 0 Å². The smallest absolute Gasteiger partial charge is 0.323 e. The van der Waals surface area contributed by atoms with Crippen molar-refractivity contribution in [1.82, 2.24) is 0 Å². The number of benzene rings is 4. The molecular formula is C42H50N4O18. The molecule has 0 saturated carbocycles. The van der Waals surface area contributed by atoms with Crippen molar-refractivity contribution < 1.29 is 89.2 Å². The Morgan fingerprint density at radius 2 is 0.734 bits per heavy atom. The van der Waals surface area contributed by atoms with Gasteiger partial charge in [0.15, 0.2) is 64.3 Å². The molecule has 0 amide bonds. The van der Waals surface area contributed by atoms with Gasteiger partial charge in [-0.1, -0.05) is 24.3 Å². The summed E-state index contributed by atoms with van der Waals surface area (Å²) in [7, 11) is 0. The normalized spacial score (nSPS) is 15.0. The molecule has 22 heteroatoms. The average molecular weight is 899 g/mol. The highest BCUT2D eigenvalue weighted by Gasteiger charge is 2.43. The summed E-state index contributed by atoms with van der Waals surface area (Å²) in [4.78, 5) is 53.6. The number of phenolic OH excluding ortho intramolecular Hbond substituents is 8. The molecule has 4 unspecified atom stereocenters. The molecule has 8 atom stereocenters. The van der Waals surface area contributed by atoms with Crippen LogP contribution in [0.4, 0.5) is 0 Å². The molecule has 346 valence electrons. The first-order valence-electron chi connectivity index (χ1n) is 19.3. The lowest BCUT2D eigenvalue weighted by Crippen LogP contribution is -2.55. The number of ether oxygens (including phenoxy) is 4. The van der Waals surface area contributed by atoms with Crippen LogP contribution in [0.3, 0.4) is 0 Å². The maximum Gasteiger partial charge on any atom is 0.323 e. The fourth-order valence-corrected chi connectivity index (χ4v) is 6.09. The average Bonchev–Trinajstić information content (AvgIpc) is 3.25. The summed E-state index contributed by atoms with van der Waals surface area (Å²) in [5.41, 5.74) is 25.3. The van der Waals surface area contributed by atoms with Gasteiger partial charge in [-0.15, -0.1) is 0 Å². The third-order valence-electron chi connectivity index (χ3n) is 9.63. The molecule has 0 spiro atoms. The minimum atomic E-state index is -2.38. The molecule has 0 radical (unpaired) electrons. The quantitative estimate of drug-likeness (QED) is 0.0258. The van der Waals surface area contributed by atoms with Gasteiger partial charge >= 0.3 is 23.9 Å². The van der Waals surface area contributed by atoms with Gasteiger partial charge < -0.3 is 92.9 Å². The summed E-state index contributed by atoms with van der Waals surface area (Å²) in [6.45, 7) is -2.26. The standard InChI is InChI=1S/C42H50N4O18/c43-23(9-19-1-5-27(48)31(52)13-19)39(57)61-18-36(63-41(59)25(45)11-21-3-7-29(50)33(54)15-21)37(56)38(64-42(60)26(46)12-22-4-8-30(51)34(55)16-22)35(17-47)62-40(58)24(44)10-20-2-6-28(49)32(53)14-20/h1-8,13-16,23-26,35-38,47-56H,9-12,17-18,43-46H2/t23?,24?,25?,26?,35-,36-,37-,38-/m1/s1. The van der Waals surface area contributed by atoms with E-state index in [2.05, 4.69) is 0 Å². The van der Waals surface area contributed by atoms with E-state index in [9.17, 15) is 70.2 Å². The van der Waals surface area contributed by atoms with Gasteiger partial charge in [0, 0.05) is 0 Å². The van der Waals surface area contributed by atoms with Crippen molar-refractivity contribution in [2.45, 2.75) is 74.3 Å². The van der Waals surface area contributed by atoms with Gasteiger partial charge in [-0.05, 0) is 96.5 Å². The number of esters is 4. The highest BCUT2D eigenvalue weighted by atomic mass is 16.6. The molecular weight excluding hydrogens is 848 g/mol. The molecule has 0 bridgehead atoms. The molecule has 18 N–H and O–H groups in total. The summed E-state index contributed by atoms with van der Waals surface area (Å²) < 4.78 is 21.7. The highest BCUT2D eigenvalue weighted by molar-refractivity contribution is 5.78. The van der Waals surface area contributed by atoms with Crippen molar-refractivity contribution in [3.05, 3.63) is 95.1 Å². The largest absolute Gasteiger partial charge is 0.504 e. The van der Waals surface area contributed by atoms with E-state index in [1.54, 1.807) is 0 Å². The zero-order valence-corrected chi connectivity index (χ0v) is 33.8. The van der Waals surface area contributed by atoms with Crippen LogP contribution < -0.4 is 22.9 Å². The van der Waals surface area contributed by atoms with Crippen molar-refractivity contribution in [1.29, 1.82) is 0 Å². The monoisotopic (exact) mass is 898 g/mol. The summed E-state index contributed by atoms with van der Waals surface area (Å²) in [6, 6.07) is 8.16. The molecule has 4 aromatic carbocycles. The van der Waals surface area contributed by atoms with E-state index >= 15 is 0 Å². The van der Waals surface area contributed by atoms with Crippen LogP contribution in [-0.2, 0) is 63.8 Å². The Labute approximate surface area is 364 Å². The Hall–Kier alpha value is -7.08. The molecule has 64 heavy (non-hydrogen) atoms. The van der Waals surface area contributed by atoms with Gasteiger partial charge in [-0.2, -0.15) is 0 Å². The number of hydrogen-bond donors (Lipinski definition) is 14. The van der Waals surface area contributed by atoms with Crippen LogP contribution in [0.1, 0.15) is 22.3 Å².